The molecule has 1 spiro atoms. The van der Waals surface area contributed by atoms with Crippen molar-refractivity contribution in [3.05, 3.63) is 87.1 Å². The van der Waals surface area contributed by atoms with Gasteiger partial charge in [-0.25, -0.2) is 4.99 Å². The molecule has 0 fully saturated rings. The maximum absolute atomic E-state index is 13.6. The lowest BCUT2D eigenvalue weighted by molar-refractivity contribution is -0.132. The van der Waals surface area contributed by atoms with Crippen LogP contribution in [0.15, 0.2) is 70.4 Å². The van der Waals surface area contributed by atoms with E-state index in [1.165, 1.54) is 10.5 Å². The zero-order valence-corrected chi connectivity index (χ0v) is 20.8. The maximum atomic E-state index is 13.6. The Hall–Kier alpha value is -2.70. The highest BCUT2D eigenvalue weighted by Gasteiger charge is 2.55. The number of carbonyl (C=O) groups is 1. The quantitative estimate of drug-likeness (QED) is 0.504. The molecule has 168 valence electrons. The van der Waals surface area contributed by atoms with Gasteiger partial charge < -0.3 is 5.73 Å². The molecule has 5 rings (SSSR count). The molecule has 2 aromatic carbocycles. The van der Waals surface area contributed by atoms with E-state index >= 15 is 0 Å². The second kappa shape index (κ2) is 7.96. The molecule has 2 atom stereocenters. The van der Waals surface area contributed by atoms with Gasteiger partial charge in [0, 0.05) is 29.5 Å². The van der Waals surface area contributed by atoms with Gasteiger partial charge in [-0.2, -0.15) is 0 Å². The van der Waals surface area contributed by atoms with E-state index in [0.29, 0.717) is 11.4 Å². The molecule has 1 amide bonds. The summed E-state index contributed by atoms with van der Waals surface area (Å²) in [6, 6.07) is 16.5. The van der Waals surface area contributed by atoms with Gasteiger partial charge in [-0.05, 0) is 71.2 Å². The molecular weight excluding hydrogens is 500 g/mol. The van der Waals surface area contributed by atoms with Crippen molar-refractivity contribution >= 4 is 39.4 Å². The summed E-state index contributed by atoms with van der Waals surface area (Å²) in [5.74, 6) is 0.179. The Balaban J connectivity index is 1.63. The number of pyridine rings is 1. The number of carbonyl (C=O) groups excluding carboxylic acids is 1. The Morgan fingerprint density at radius 1 is 1.12 bits per heavy atom. The van der Waals surface area contributed by atoms with Crippen molar-refractivity contribution in [1.82, 2.24) is 9.88 Å². The summed E-state index contributed by atoms with van der Waals surface area (Å²) >= 11 is 9.69. The number of amides is 1. The molecule has 2 aliphatic rings. The van der Waals surface area contributed by atoms with Crippen LogP contribution in [0.3, 0.4) is 0 Å². The van der Waals surface area contributed by atoms with E-state index in [4.69, 9.17) is 22.3 Å². The zero-order valence-electron chi connectivity index (χ0n) is 18.5. The fraction of sp³-hybridized carbons (Fsp3) is 0.269. The molecule has 0 bridgehead atoms. The van der Waals surface area contributed by atoms with Gasteiger partial charge in [0.1, 0.15) is 0 Å². The summed E-state index contributed by atoms with van der Waals surface area (Å²) in [6.45, 7) is 2.24. The van der Waals surface area contributed by atoms with Crippen LogP contribution in [0, 0.1) is 5.41 Å². The van der Waals surface area contributed by atoms with Crippen LogP contribution in [0.25, 0.3) is 11.1 Å². The number of halogens is 2. The fourth-order valence-electron chi connectivity index (χ4n) is 5.31. The van der Waals surface area contributed by atoms with Gasteiger partial charge in [-0.3, -0.25) is 14.7 Å². The van der Waals surface area contributed by atoms with E-state index in [2.05, 4.69) is 70.3 Å². The highest BCUT2D eigenvalue weighted by atomic mass is 79.9. The second-order valence-corrected chi connectivity index (χ2v) is 10.8. The largest absolute Gasteiger partial charge is 0.369 e. The molecule has 0 saturated carbocycles. The number of aromatic nitrogens is 1. The minimum atomic E-state index is -1.03. The van der Waals surface area contributed by atoms with Crippen LogP contribution in [0.4, 0.5) is 0 Å². The SMILES string of the molecule is CN1C(=O)[C@]2(CC(C)(Cc3ccc(Br)cc3)Cc3ccc(-c4cncc(Cl)c4)cc32)N=C1N. The van der Waals surface area contributed by atoms with Gasteiger partial charge in [0.25, 0.3) is 5.91 Å². The molecule has 1 aromatic heterocycles. The third kappa shape index (κ3) is 3.85. The van der Waals surface area contributed by atoms with Crippen molar-refractivity contribution in [2.45, 2.75) is 31.7 Å². The maximum Gasteiger partial charge on any atom is 0.261 e. The molecule has 1 unspecified atom stereocenters. The molecule has 3 aromatic rings. The normalized spacial score (nSPS) is 24.2. The molecular formula is C26H24BrClN4O. The summed E-state index contributed by atoms with van der Waals surface area (Å²) < 4.78 is 1.05. The van der Waals surface area contributed by atoms with Gasteiger partial charge in [-0.15, -0.1) is 0 Å². The topological polar surface area (TPSA) is 71.6 Å². The van der Waals surface area contributed by atoms with Gasteiger partial charge in [0.05, 0.1) is 5.02 Å². The number of benzene rings is 2. The Labute approximate surface area is 206 Å². The summed E-state index contributed by atoms with van der Waals surface area (Å²) in [5.41, 5.74) is 10.1. The lowest BCUT2D eigenvalue weighted by Gasteiger charge is -2.43. The van der Waals surface area contributed by atoms with Crippen molar-refractivity contribution in [3.63, 3.8) is 0 Å². The number of nitrogens with two attached hydrogens (primary N) is 1. The number of nitrogens with zero attached hydrogens (tertiary/aromatic N) is 3. The van der Waals surface area contributed by atoms with E-state index in [1.807, 2.05) is 6.07 Å². The standard InChI is InChI=1S/C26H24BrClN4O/c1-25(11-16-3-7-20(27)8-4-16)12-18-6-5-17(19-9-21(28)14-30-13-19)10-22(18)26(15-25)23(33)32(2)24(29)31-26/h3-10,13-14H,11-12,15H2,1-2H3,(H2,29,31)/t25?,26-/m1/s1. The van der Waals surface area contributed by atoms with E-state index in [1.54, 1.807) is 19.4 Å². The number of hydrogen-bond donors (Lipinski definition) is 1. The van der Waals surface area contributed by atoms with Crippen LogP contribution in [0.1, 0.15) is 30.0 Å². The summed E-state index contributed by atoms with van der Waals surface area (Å²) in [7, 11) is 1.70. The van der Waals surface area contributed by atoms with Crippen molar-refractivity contribution in [2.24, 2.45) is 16.1 Å². The first-order chi connectivity index (χ1) is 15.7. The van der Waals surface area contributed by atoms with Crippen molar-refractivity contribution in [1.29, 1.82) is 0 Å². The van der Waals surface area contributed by atoms with Gasteiger partial charge in [0.2, 0.25) is 0 Å². The predicted molar refractivity (Wildman–Crippen MR) is 135 cm³/mol. The van der Waals surface area contributed by atoms with Crippen LogP contribution in [-0.2, 0) is 23.2 Å². The summed E-state index contributed by atoms with van der Waals surface area (Å²) in [6.07, 6.45) is 5.67. The summed E-state index contributed by atoms with van der Waals surface area (Å²) in [4.78, 5) is 24.1. The number of likely N-dealkylation sites (N-methyl/N-ethyl adjacent to an activating group) is 1. The monoisotopic (exact) mass is 522 g/mol. The molecule has 33 heavy (non-hydrogen) atoms. The summed E-state index contributed by atoms with van der Waals surface area (Å²) in [5, 5.41) is 0.570. The molecule has 1 aliphatic carbocycles. The van der Waals surface area contributed by atoms with Crippen LogP contribution in [0.5, 0.6) is 0 Å². The van der Waals surface area contributed by atoms with E-state index in [-0.39, 0.29) is 17.3 Å². The first kappa shape index (κ1) is 22.1. The average molecular weight is 524 g/mol. The third-order valence-electron chi connectivity index (χ3n) is 6.75. The number of fused-ring (bicyclic) bond motifs is 2. The molecule has 2 N–H and O–H groups in total. The fourth-order valence-corrected chi connectivity index (χ4v) is 5.75. The van der Waals surface area contributed by atoms with Gasteiger partial charge >= 0.3 is 0 Å². The molecule has 7 heteroatoms. The minimum Gasteiger partial charge on any atom is -0.369 e. The number of guanidine groups is 1. The van der Waals surface area contributed by atoms with Crippen LogP contribution in [0.2, 0.25) is 5.02 Å². The smallest absolute Gasteiger partial charge is 0.261 e. The van der Waals surface area contributed by atoms with Gasteiger partial charge in [0.15, 0.2) is 11.5 Å². The molecule has 0 saturated heterocycles. The molecule has 2 heterocycles. The predicted octanol–water partition coefficient (Wildman–Crippen LogP) is 5.34. The highest BCUT2D eigenvalue weighted by molar-refractivity contribution is 9.10. The van der Waals surface area contributed by atoms with E-state index in [0.717, 1.165) is 39.6 Å². The van der Waals surface area contributed by atoms with Crippen molar-refractivity contribution < 1.29 is 4.79 Å². The zero-order chi connectivity index (χ0) is 23.4. The number of hydrogen-bond acceptors (Lipinski definition) is 4. The highest BCUT2D eigenvalue weighted by Crippen LogP contribution is 2.51. The lowest BCUT2D eigenvalue weighted by atomic mass is 9.62. The van der Waals surface area contributed by atoms with Crippen molar-refractivity contribution in [2.75, 3.05) is 7.05 Å². The van der Waals surface area contributed by atoms with Crippen LogP contribution < -0.4 is 5.73 Å². The lowest BCUT2D eigenvalue weighted by Crippen LogP contribution is -2.47. The Morgan fingerprint density at radius 3 is 2.55 bits per heavy atom. The first-order valence-electron chi connectivity index (χ1n) is 10.8. The average Bonchev–Trinajstić information content (AvgIpc) is 2.99. The number of aliphatic imine (C=N–C) groups is 1. The van der Waals surface area contributed by atoms with Crippen molar-refractivity contribution in [3.8, 4) is 11.1 Å². The Morgan fingerprint density at radius 2 is 1.88 bits per heavy atom. The van der Waals surface area contributed by atoms with E-state index in [9.17, 15) is 4.79 Å². The third-order valence-corrected chi connectivity index (χ3v) is 7.48. The van der Waals surface area contributed by atoms with Gasteiger partial charge in [-0.1, -0.05) is 58.7 Å². The van der Waals surface area contributed by atoms with Crippen LogP contribution in [-0.4, -0.2) is 28.8 Å². The minimum absolute atomic E-state index is 0.0793. The number of rotatable bonds is 3. The molecule has 5 nitrogen and oxygen atoms in total. The molecule has 1 aliphatic heterocycles. The Bertz CT molecular complexity index is 1290. The van der Waals surface area contributed by atoms with Crippen LogP contribution >= 0.6 is 27.5 Å². The Kier molecular flexibility index (Phi) is 5.33. The molecule has 0 radical (unpaired) electrons. The van der Waals surface area contributed by atoms with E-state index < -0.39 is 5.54 Å². The first-order valence-corrected chi connectivity index (χ1v) is 12.0. The second-order valence-electron chi connectivity index (χ2n) is 9.43.